The average Bonchev–Trinajstić information content (AvgIpc) is 2.70. The van der Waals surface area contributed by atoms with E-state index in [1.54, 1.807) is 18.7 Å². The predicted molar refractivity (Wildman–Crippen MR) is 74.8 cm³/mol. The molecule has 0 aromatic rings. The lowest BCUT2D eigenvalue weighted by Crippen LogP contribution is -2.51. The summed E-state index contributed by atoms with van der Waals surface area (Å²) in [5.74, 6) is 0.147. The Morgan fingerprint density at radius 1 is 1.42 bits per heavy atom. The maximum Gasteiger partial charge on any atom is 0.254 e. The first kappa shape index (κ1) is 16.4. The lowest BCUT2D eigenvalue weighted by molar-refractivity contribution is -0.153. The minimum absolute atomic E-state index is 0.0856. The largest absolute Gasteiger partial charge is 0.369 e. The normalized spacial score (nSPS) is 22.4. The van der Waals surface area contributed by atoms with Crippen LogP contribution in [0.3, 0.4) is 0 Å². The zero-order valence-electron chi connectivity index (χ0n) is 12.3. The molecule has 1 atom stereocenters. The summed E-state index contributed by atoms with van der Waals surface area (Å²) in [4.78, 5) is 14.2. The van der Waals surface area contributed by atoms with Crippen molar-refractivity contribution in [1.29, 1.82) is 0 Å². The van der Waals surface area contributed by atoms with E-state index in [2.05, 4.69) is 6.92 Å². The fraction of sp³-hybridized carbons (Fsp3) is 0.923. The van der Waals surface area contributed by atoms with Crippen molar-refractivity contribution in [2.45, 2.75) is 51.7 Å². The van der Waals surface area contributed by atoms with E-state index in [1.165, 1.54) is 7.11 Å². The van der Waals surface area contributed by atoms with Crippen molar-refractivity contribution in [3.05, 3.63) is 0 Å². The summed E-state index contributed by atoms with van der Waals surface area (Å²) in [5, 5.41) is 0. The van der Waals surface area contributed by atoms with Crippen molar-refractivity contribution in [3.8, 4) is 0 Å². The molecule has 0 bridgehead atoms. The summed E-state index contributed by atoms with van der Waals surface area (Å²) in [6.07, 6.45) is 2.39. The molecule has 0 N–H and O–H groups in total. The smallest absolute Gasteiger partial charge is 0.254 e. The molecule has 1 aliphatic rings. The molecule has 1 amide bonds. The number of carbonyl (C=O) groups is 1. The highest BCUT2D eigenvalue weighted by atomic mass is 32.2. The standard InChI is InChI=1S/C13H25NO4S/c1-5-6-8-14(12(15)13(2,3)18-4)11-7-9-19(16,17)10-11/h11H,5-10H2,1-4H3. The van der Waals surface area contributed by atoms with Crippen molar-refractivity contribution < 1.29 is 17.9 Å². The molecule has 1 fully saturated rings. The van der Waals surface area contributed by atoms with Crippen LogP contribution in [0.5, 0.6) is 0 Å². The third-order valence-corrected chi connectivity index (χ3v) is 5.44. The monoisotopic (exact) mass is 291 g/mol. The number of sulfone groups is 1. The summed E-state index contributed by atoms with van der Waals surface area (Å²) in [6.45, 7) is 6.09. The SMILES string of the molecule is CCCCN(C(=O)C(C)(C)OC)C1CCS(=O)(=O)C1. The summed E-state index contributed by atoms with van der Waals surface area (Å²) >= 11 is 0. The van der Waals surface area contributed by atoms with Gasteiger partial charge in [-0.3, -0.25) is 4.79 Å². The number of unbranched alkanes of at least 4 members (excludes halogenated alkanes) is 1. The second-order valence-corrected chi connectivity index (χ2v) is 7.85. The number of methoxy groups -OCH3 is 1. The van der Waals surface area contributed by atoms with E-state index >= 15 is 0 Å². The van der Waals surface area contributed by atoms with Gasteiger partial charge < -0.3 is 9.64 Å². The van der Waals surface area contributed by atoms with Crippen molar-refractivity contribution in [3.63, 3.8) is 0 Å². The fourth-order valence-corrected chi connectivity index (χ4v) is 3.96. The van der Waals surface area contributed by atoms with Gasteiger partial charge in [0.05, 0.1) is 11.5 Å². The Morgan fingerprint density at radius 2 is 2.05 bits per heavy atom. The molecular formula is C13H25NO4S. The maximum atomic E-state index is 12.5. The summed E-state index contributed by atoms with van der Waals surface area (Å²) in [7, 11) is -1.48. The van der Waals surface area contributed by atoms with Crippen LogP contribution in [-0.2, 0) is 19.4 Å². The lowest BCUT2D eigenvalue weighted by Gasteiger charge is -2.34. The zero-order chi connectivity index (χ0) is 14.7. The Labute approximate surface area is 116 Å². The first-order valence-electron chi connectivity index (χ1n) is 6.80. The number of amides is 1. The Morgan fingerprint density at radius 3 is 2.47 bits per heavy atom. The first-order chi connectivity index (χ1) is 8.73. The molecule has 0 radical (unpaired) electrons. The van der Waals surface area contributed by atoms with Gasteiger partial charge in [0, 0.05) is 19.7 Å². The highest BCUT2D eigenvalue weighted by Gasteiger charge is 2.39. The van der Waals surface area contributed by atoms with E-state index in [4.69, 9.17) is 4.74 Å². The molecular weight excluding hydrogens is 266 g/mol. The Bertz CT molecular complexity index is 416. The van der Waals surface area contributed by atoms with Crippen LogP contribution in [0.4, 0.5) is 0 Å². The third kappa shape index (κ3) is 4.18. The van der Waals surface area contributed by atoms with Crippen molar-refractivity contribution in [2.75, 3.05) is 25.2 Å². The highest BCUT2D eigenvalue weighted by Crippen LogP contribution is 2.22. The molecule has 0 aliphatic carbocycles. The van der Waals surface area contributed by atoms with Gasteiger partial charge in [-0.1, -0.05) is 13.3 Å². The molecule has 1 rings (SSSR count). The van der Waals surface area contributed by atoms with Crippen molar-refractivity contribution >= 4 is 15.7 Å². The minimum Gasteiger partial charge on any atom is -0.369 e. The molecule has 0 saturated carbocycles. The van der Waals surface area contributed by atoms with E-state index in [9.17, 15) is 13.2 Å². The van der Waals surface area contributed by atoms with Crippen LogP contribution in [0.2, 0.25) is 0 Å². The van der Waals surface area contributed by atoms with Crippen LogP contribution in [0.15, 0.2) is 0 Å². The van der Waals surface area contributed by atoms with Gasteiger partial charge in [0.2, 0.25) is 0 Å². The number of ether oxygens (including phenoxy) is 1. The van der Waals surface area contributed by atoms with Gasteiger partial charge in [-0.05, 0) is 26.7 Å². The van der Waals surface area contributed by atoms with Crippen LogP contribution >= 0.6 is 0 Å². The van der Waals surface area contributed by atoms with E-state index in [0.717, 1.165) is 12.8 Å². The molecule has 19 heavy (non-hydrogen) atoms. The second-order valence-electron chi connectivity index (χ2n) is 5.62. The summed E-state index contributed by atoms with van der Waals surface area (Å²) < 4.78 is 28.4. The Balaban J connectivity index is 2.86. The van der Waals surface area contributed by atoms with E-state index in [0.29, 0.717) is 13.0 Å². The van der Waals surface area contributed by atoms with Gasteiger partial charge >= 0.3 is 0 Å². The summed E-state index contributed by atoms with van der Waals surface area (Å²) in [5.41, 5.74) is -0.903. The minimum atomic E-state index is -2.99. The van der Waals surface area contributed by atoms with Gasteiger partial charge in [-0.2, -0.15) is 0 Å². The van der Waals surface area contributed by atoms with E-state index in [1.807, 2.05) is 0 Å². The topological polar surface area (TPSA) is 63.7 Å². The number of nitrogens with zero attached hydrogens (tertiary/aromatic N) is 1. The van der Waals surface area contributed by atoms with Crippen LogP contribution in [0, 0.1) is 0 Å². The third-order valence-electron chi connectivity index (χ3n) is 3.69. The van der Waals surface area contributed by atoms with Gasteiger partial charge in [-0.15, -0.1) is 0 Å². The Hall–Kier alpha value is -0.620. The van der Waals surface area contributed by atoms with Gasteiger partial charge in [0.1, 0.15) is 5.60 Å². The number of hydrogen-bond donors (Lipinski definition) is 0. The Kier molecular flexibility index (Phi) is 5.38. The molecule has 0 spiro atoms. The predicted octanol–water partition coefficient (Wildman–Crippen LogP) is 1.23. The molecule has 0 aromatic heterocycles. The highest BCUT2D eigenvalue weighted by molar-refractivity contribution is 7.91. The zero-order valence-corrected chi connectivity index (χ0v) is 13.1. The molecule has 1 heterocycles. The van der Waals surface area contributed by atoms with E-state index < -0.39 is 15.4 Å². The molecule has 112 valence electrons. The maximum absolute atomic E-state index is 12.5. The molecule has 0 aromatic carbocycles. The van der Waals surface area contributed by atoms with Gasteiger partial charge in [0.15, 0.2) is 9.84 Å². The fourth-order valence-electron chi connectivity index (χ4n) is 2.23. The molecule has 5 nitrogen and oxygen atoms in total. The van der Waals surface area contributed by atoms with Crippen molar-refractivity contribution in [2.24, 2.45) is 0 Å². The molecule has 6 heteroatoms. The quantitative estimate of drug-likeness (QED) is 0.738. The van der Waals surface area contributed by atoms with Crippen molar-refractivity contribution in [1.82, 2.24) is 4.90 Å². The molecule has 1 unspecified atom stereocenters. The van der Waals surface area contributed by atoms with E-state index in [-0.39, 0.29) is 23.5 Å². The summed E-state index contributed by atoms with van der Waals surface area (Å²) in [6, 6.07) is -0.196. The number of carbonyl (C=O) groups excluding carboxylic acids is 1. The first-order valence-corrected chi connectivity index (χ1v) is 8.62. The molecule has 1 aliphatic heterocycles. The van der Waals surface area contributed by atoms with Crippen LogP contribution < -0.4 is 0 Å². The van der Waals surface area contributed by atoms with Gasteiger partial charge in [-0.25, -0.2) is 8.42 Å². The second kappa shape index (κ2) is 6.22. The lowest BCUT2D eigenvalue weighted by atomic mass is 10.1. The number of hydrogen-bond acceptors (Lipinski definition) is 4. The average molecular weight is 291 g/mol. The van der Waals surface area contributed by atoms with Crippen LogP contribution in [0.1, 0.15) is 40.0 Å². The van der Waals surface area contributed by atoms with Crippen LogP contribution in [0.25, 0.3) is 0 Å². The van der Waals surface area contributed by atoms with Crippen LogP contribution in [-0.4, -0.2) is 56.0 Å². The van der Waals surface area contributed by atoms with Gasteiger partial charge in [0.25, 0.3) is 5.91 Å². The molecule has 1 saturated heterocycles. The number of rotatable bonds is 6.